The third-order valence-corrected chi connectivity index (χ3v) is 6.12. The van der Waals surface area contributed by atoms with Crippen molar-refractivity contribution in [2.45, 2.75) is 44.5 Å². The summed E-state index contributed by atoms with van der Waals surface area (Å²) < 4.78 is 6.34. The quantitative estimate of drug-likeness (QED) is 0.340. The van der Waals surface area contributed by atoms with Gasteiger partial charge in [-0.2, -0.15) is 4.98 Å². The van der Waals surface area contributed by atoms with E-state index in [4.69, 9.17) is 16.3 Å². The molecule has 1 amide bonds. The number of hydrogen-bond acceptors (Lipinski definition) is 6. The molecule has 0 spiro atoms. The predicted molar refractivity (Wildman–Crippen MR) is 123 cm³/mol. The molecule has 1 atom stereocenters. The molecule has 3 aromatic rings. The van der Waals surface area contributed by atoms with Gasteiger partial charge in [-0.25, -0.2) is 0 Å². The van der Waals surface area contributed by atoms with Gasteiger partial charge in [0.15, 0.2) is 5.69 Å². The molecule has 31 heavy (non-hydrogen) atoms. The number of thioether (sulfide) groups is 1. The molecule has 0 radical (unpaired) electrons. The fourth-order valence-electron chi connectivity index (χ4n) is 3.51. The summed E-state index contributed by atoms with van der Waals surface area (Å²) in [5.41, 5.74) is 2.71. The highest BCUT2D eigenvalue weighted by Gasteiger charge is 2.34. The third kappa shape index (κ3) is 4.67. The molecule has 1 aromatic heterocycles. The first kappa shape index (κ1) is 21.6. The maximum atomic E-state index is 12.8. The van der Waals surface area contributed by atoms with Crippen molar-refractivity contribution < 1.29 is 9.53 Å². The highest BCUT2D eigenvalue weighted by Crippen LogP contribution is 2.43. The summed E-state index contributed by atoms with van der Waals surface area (Å²) in [6.45, 7) is 3.69. The first-order valence-electron chi connectivity index (χ1n) is 10.3. The molecule has 0 aliphatic carbocycles. The van der Waals surface area contributed by atoms with Crippen molar-refractivity contribution in [2.75, 3.05) is 10.7 Å². The van der Waals surface area contributed by atoms with E-state index in [1.165, 1.54) is 13.3 Å². The lowest BCUT2D eigenvalue weighted by Gasteiger charge is -2.29. The summed E-state index contributed by atoms with van der Waals surface area (Å²) in [6.07, 6.45) is 2.69. The average Bonchev–Trinajstić information content (AvgIpc) is 2.91. The molecule has 2 aromatic carbocycles. The van der Waals surface area contributed by atoms with E-state index in [2.05, 4.69) is 22.1 Å². The minimum Gasteiger partial charge on any atom is -0.447 e. The van der Waals surface area contributed by atoms with Gasteiger partial charge in [0.05, 0.1) is 5.69 Å². The molecular weight excluding hydrogens is 432 g/mol. The van der Waals surface area contributed by atoms with Crippen LogP contribution in [0.4, 0.5) is 5.69 Å². The molecule has 1 aliphatic heterocycles. The molecule has 8 heteroatoms. The number of benzene rings is 2. The second kappa shape index (κ2) is 9.66. The Hall–Kier alpha value is -2.64. The van der Waals surface area contributed by atoms with Crippen LogP contribution in [0.25, 0.3) is 11.3 Å². The molecule has 2 heterocycles. The Bertz CT molecular complexity index is 1090. The maximum absolute atomic E-state index is 12.8. The van der Waals surface area contributed by atoms with E-state index in [-0.39, 0.29) is 5.91 Å². The number of hydrogen-bond donors (Lipinski definition) is 0. The predicted octanol–water partition coefficient (Wildman–Crippen LogP) is 5.92. The number of amides is 1. The fourth-order valence-corrected chi connectivity index (χ4v) is 4.48. The van der Waals surface area contributed by atoms with Crippen LogP contribution in [0.2, 0.25) is 5.02 Å². The lowest BCUT2D eigenvalue weighted by atomic mass is 10.1. The van der Waals surface area contributed by atoms with Crippen molar-refractivity contribution in [3.63, 3.8) is 0 Å². The van der Waals surface area contributed by atoms with Gasteiger partial charge in [0.25, 0.3) is 0 Å². The monoisotopic (exact) mass is 454 g/mol. The van der Waals surface area contributed by atoms with Crippen LogP contribution in [0.1, 0.15) is 44.9 Å². The van der Waals surface area contributed by atoms with Gasteiger partial charge in [0, 0.05) is 28.8 Å². The van der Waals surface area contributed by atoms with Crippen molar-refractivity contribution in [1.82, 2.24) is 15.2 Å². The summed E-state index contributed by atoms with van der Waals surface area (Å²) in [4.78, 5) is 19.0. The number of aromatic nitrogens is 3. The summed E-state index contributed by atoms with van der Waals surface area (Å²) >= 11 is 7.80. The fraction of sp³-hybridized carbons (Fsp3) is 0.304. The van der Waals surface area contributed by atoms with Crippen LogP contribution in [-0.4, -0.2) is 26.8 Å². The molecule has 0 N–H and O–H groups in total. The standard InChI is InChI=1S/C23H23ClN4O2S/c1-3-4-7-13-31-23-25-21-20(26-27-23)18-11-5-6-12-19(18)28(15(2)29)22(30-21)16-9-8-10-17(24)14-16/h5-6,8-12,14,22H,3-4,7,13H2,1-2H3/t22-/m0/s1. The zero-order valence-corrected chi connectivity index (χ0v) is 19.0. The van der Waals surface area contributed by atoms with E-state index in [9.17, 15) is 4.79 Å². The second-order valence-electron chi connectivity index (χ2n) is 7.24. The molecular formula is C23H23ClN4O2S. The van der Waals surface area contributed by atoms with Gasteiger partial charge in [-0.1, -0.05) is 73.5 Å². The SMILES string of the molecule is CCCCCSc1nnc2c(n1)O[C@@H](c1cccc(Cl)c1)N(C(C)=O)c1ccccc1-2. The van der Waals surface area contributed by atoms with E-state index >= 15 is 0 Å². The lowest BCUT2D eigenvalue weighted by molar-refractivity contribution is -0.118. The van der Waals surface area contributed by atoms with E-state index in [0.717, 1.165) is 29.7 Å². The van der Waals surface area contributed by atoms with Crippen LogP contribution in [-0.2, 0) is 4.79 Å². The van der Waals surface area contributed by atoms with E-state index in [1.54, 1.807) is 28.8 Å². The van der Waals surface area contributed by atoms with Crippen LogP contribution in [0.5, 0.6) is 5.88 Å². The average molecular weight is 455 g/mol. The molecule has 4 rings (SSSR count). The topological polar surface area (TPSA) is 68.2 Å². The molecule has 0 fully saturated rings. The molecule has 160 valence electrons. The number of fused-ring (bicyclic) bond motifs is 3. The largest absolute Gasteiger partial charge is 0.447 e. The Kier molecular flexibility index (Phi) is 6.73. The summed E-state index contributed by atoms with van der Waals surface area (Å²) in [5.74, 6) is 1.11. The number of rotatable bonds is 6. The maximum Gasteiger partial charge on any atom is 0.247 e. The van der Waals surface area contributed by atoms with Crippen molar-refractivity contribution in [3.8, 4) is 17.1 Å². The molecule has 0 bridgehead atoms. The number of ether oxygens (including phenoxy) is 1. The molecule has 0 unspecified atom stereocenters. The highest BCUT2D eigenvalue weighted by atomic mass is 35.5. The van der Waals surface area contributed by atoms with Gasteiger partial charge >= 0.3 is 0 Å². The van der Waals surface area contributed by atoms with Crippen molar-refractivity contribution in [3.05, 3.63) is 59.1 Å². The Balaban J connectivity index is 1.80. The zero-order valence-electron chi connectivity index (χ0n) is 17.4. The second-order valence-corrected chi connectivity index (χ2v) is 8.73. The number of carbonyl (C=O) groups excluding carboxylic acids is 1. The molecule has 6 nitrogen and oxygen atoms in total. The van der Waals surface area contributed by atoms with E-state index in [0.29, 0.717) is 27.4 Å². The molecule has 1 aliphatic rings. The normalized spacial score (nSPS) is 14.9. The van der Waals surface area contributed by atoms with Gasteiger partial charge in [0.2, 0.25) is 23.2 Å². The number of carbonyl (C=O) groups is 1. The Morgan fingerprint density at radius 3 is 2.77 bits per heavy atom. The Labute approximate surface area is 191 Å². The molecule has 0 saturated carbocycles. The van der Waals surface area contributed by atoms with Crippen LogP contribution < -0.4 is 9.64 Å². The number of nitrogens with zero attached hydrogens (tertiary/aromatic N) is 4. The first-order chi connectivity index (χ1) is 15.1. The summed E-state index contributed by atoms with van der Waals surface area (Å²) in [5, 5.41) is 9.87. The third-order valence-electron chi connectivity index (χ3n) is 4.96. The Morgan fingerprint density at radius 2 is 2.00 bits per heavy atom. The van der Waals surface area contributed by atoms with E-state index < -0.39 is 6.23 Å². The van der Waals surface area contributed by atoms with Crippen LogP contribution >= 0.6 is 23.4 Å². The number of unbranched alkanes of at least 4 members (excludes halogenated alkanes) is 2. The molecule has 0 saturated heterocycles. The number of para-hydroxylation sites is 1. The number of anilines is 1. The number of halogens is 1. The van der Waals surface area contributed by atoms with Crippen LogP contribution in [0, 0.1) is 0 Å². The highest BCUT2D eigenvalue weighted by molar-refractivity contribution is 7.99. The van der Waals surface area contributed by atoms with Gasteiger partial charge in [0.1, 0.15) is 0 Å². The summed E-state index contributed by atoms with van der Waals surface area (Å²) in [6, 6.07) is 14.9. The van der Waals surface area contributed by atoms with Gasteiger partial charge in [-0.15, -0.1) is 10.2 Å². The van der Waals surface area contributed by atoms with E-state index in [1.807, 2.05) is 36.4 Å². The summed E-state index contributed by atoms with van der Waals surface area (Å²) in [7, 11) is 0. The van der Waals surface area contributed by atoms with Crippen LogP contribution in [0.3, 0.4) is 0 Å². The van der Waals surface area contributed by atoms with Gasteiger partial charge in [-0.3, -0.25) is 9.69 Å². The lowest BCUT2D eigenvalue weighted by Crippen LogP contribution is -2.36. The van der Waals surface area contributed by atoms with Gasteiger partial charge < -0.3 is 4.74 Å². The van der Waals surface area contributed by atoms with Crippen molar-refractivity contribution in [1.29, 1.82) is 0 Å². The first-order valence-corrected chi connectivity index (χ1v) is 11.6. The van der Waals surface area contributed by atoms with Gasteiger partial charge in [-0.05, 0) is 24.6 Å². The smallest absolute Gasteiger partial charge is 0.247 e. The Morgan fingerprint density at radius 1 is 1.16 bits per heavy atom. The zero-order chi connectivity index (χ0) is 21.8. The minimum absolute atomic E-state index is 0.160. The van der Waals surface area contributed by atoms with Crippen LogP contribution in [0.15, 0.2) is 53.7 Å². The van der Waals surface area contributed by atoms with Crippen molar-refractivity contribution in [2.24, 2.45) is 0 Å². The minimum atomic E-state index is -0.728. The van der Waals surface area contributed by atoms with Crippen molar-refractivity contribution >= 4 is 35.0 Å².